The van der Waals surface area contributed by atoms with E-state index in [-0.39, 0.29) is 16.8 Å². The number of Topliss-reactive ketones (excluding diaryl/α,β-unsaturated/α-hetero) is 1. The maximum atomic E-state index is 13.8. The van der Waals surface area contributed by atoms with E-state index in [1.165, 1.54) is 24.0 Å². The van der Waals surface area contributed by atoms with Crippen LogP contribution in [-0.2, 0) is 14.3 Å². The molecule has 2 aromatic rings. The Labute approximate surface area is 199 Å². The molecule has 1 atom stereocenters. The highest BCUT2D eigenvalue weighted by molar-refractivity contribution is 6.46. The van der Waals surface area contributed by atoms with Crippen LogP contribution in [0.3, 0.4) is 0 Å². The van der Waals surface area contributed by atoms with Gasteiger partial charge >= 0.3 is 5.97 Å². The van der Waals surface area contributed by atoms with Crippen LogP contribution in [0.2, 0.25) is 0 Å². The van der Waals surface area contributed by atoms with E-state index in [4.69, 9.17) is 9.47 Å². The number of ketones is 1. The molecule has 0 bridgehead atoms. The molecule has 1 saturated heterocycles. The molecule has 9 heteroatoms. The Morgan fingerprint density at radius 2 is 1.91 bits per heavy atom. The zero-order valence-corrected chi connectivity index (χ0v) is 20.4. The van der Waals surface area contributed by atoms with Crippen LogP contribution in [-0.4, -0.2) is 68.9 Å². The zero-order valence-electron chi connectivity index (χ0n) is 20.4. The Balaban J connectivity index is 2.19. The molecule has 1 unspecified atom stereocenters. The van der Waals surface area contributed by atoms with Gasteiger partial charge in [0.15, 0.2) is 0 Å². The molecule has 182 valence electrons. The molecule has 1 amide bonds. The number of likely N-dealkylation sites (tertiary alicyclic amines) is 1. The third-order valence-electron chi connectivity index (χ3n) is 6.07. The van der Waals surface area contributed by atoms with E-state index >= 15 is 0 Å². The van der Waals surface area contributed by atoms with Gasteiger partial charge in [0.1, 0.15) is 11.4 Å². The Hall–Kier alpha value is -3.59. The van der Waals surface area contributed by atoms with Crippen LogP contribution in [0.1, 0.15) is 45.3 Å². The highest BCUT2D eigenvalue weighted by atomic mass is 16.5. The molecule has 2 N–H and O–H groups in total. The largest absolute Gasteiger partial charge is 0.872 e. The SMILES string of the molecule is COC(=O)c1[nH]c(C)c(C([O-])=C2C(=O)C(=O)N(CCC[NH+](C)C)C2c2cccc(OC)c2)c1C. The fourth-order valence-electron chi connectivity index (χ4n) is 4.39. The van der Waals surface area contributed by atoms with Crippen molar-refractivity contribution in [1.29, 1.82) is 0 Å². The summed E-state index contributed by atoms with van der Waals surface area (Å²) in [7, 11) is 6.79. The van der Waals surface area contributed by atoms with Gasteiger partial charge in [-0.05, 0) is 42.7 Å². The number of methoxy groups -OCH3 is 2. The molecule has 2 heterocycles. The molecule has 1 fully saturated rings. The van der Waals surface area contributed by atoms with Gasteiger partial charge < -0.3 is 29.4 Å². The van der Waals surface area contributed by atoms with Crippen molar-refractivity contribution in [1.82, 2.24) is 9.88 Å². The lowest BCUT2D eigenvalue weighted by Gasteiger charge is -2.28. The van der Waals surface area contributed by atoms with Crippen molar-refractivity contribution in [3.8, 4) is 5.75 Å². The minimum atomic E-state index is -0.852. The molecule has 0 spiro atoms. The number of benzene rings is 1. The van der Waals surface area contributed by atoms with E-state index in [1.807, 2.05) is 14.1 Å². The molecule has 0 radical (unpaired) electrons. The van der Waals surface area contributed by atoms with Crippen LogP contribution in [0.25, 0.3) is 5.76 Å². The van der Waals surface area contributed by atoms with E-state index in [0.717, 1.165) is 6.54 Å². The fraction of sp³-hybridized carbons (Fsp3) is 0.400. The standard InChI is InChI=1S/C25H31N3O6/c1-14-18(15(2)26-20(14)25(32)34-6)22(29)19-21(16-9-7-10-17(13-16)33-5)28(24(31)23(19)30)12-8-11-27(3)4/h7,9-10,13,21,26,29H,8,11-12H2,1-6H3. The number of aryl methyl sites for hydroxylation is 1. The van der Waals surface area contributed by atoms with Crippen molar-refractivity contribution in [3.63, 3.8) is 0 Å². The number of hydrogen-bond acceptors (Lipinski definition) is 6. The minimum Gasteiger partial charge on any atom is -0.872 e. The number of aromatic amines is 1. The van der Waals surface area contributed by atoms with Crippen molar-refractivity contribution in [2.45, 2.75) is 26.3 Å². The van der Waals surface area contributed by atoms with Crippen LogP contribution < -0.4 is 14.7 Å². The van der Waals surface area contributed by atoms with Gasteiger partial charge in [-0.2, -0.15) is 0 Å². The Morgan fingerprint density at radius 1 is 1.21 bits per heavy atom. The van der Waals surface area contributed by atoms with Gasteiger partial charge in [0, 0.05) is 24.2 Å². The van der Waals surface area contributed by atoms with Crippen molar-refractivity contribution < 1.29 is 33.9 Å². The second-order valence-corrected chi connectivity index (χ2v) is 8.68. The predicted octanol–water partition coefficient (Wildman–Crippen LogP) is 0.185. The summed E-state index contributed by atoms with van der Waals surface area (Å²) in [6.07, 6.45) is 0.665. The maximum absolute atomic E-state index is 13.8. The molecule has 1 aromatic carbocycles. The van der Waals surface area contributed by atoms with Gasteiger partial charge in [0.05, 0.1) is 40.9 Å². The van der Waals surface area contributed by atoms with E-state index in [2.05, 4.69) is 4.98 Å². The van der Waals surface area contributed by atoms with Crippen molar-refractivity contribution in [3.05, 3.63) is 57.9 Å². The second-order valence-electron chi connectivity index (χ2n) is 8.68. The van der Waals surface area contributed by atoms with Crippen molar-refractivity contribution in [2.75, 3.05) is 41.4 Å². The van der Waals surface area contributed by atoms with Crippen molar-refractivity contribution in [2.24, 2.45) is 0 Å². The normalized spacial score (nSPS) is 17.5. The summed E-state index contributed by atoms with van der Waals surface area (Å²) in [5, 5.41) is 13.8. The molecule has 1 aromatic heterocycles. The third kappa shape index (κ3) is 4.56. The number of aromatic nitrogens is 1. The lowest BCUT2D eigenvalue weighted by Crippen LogP contribution is -3.05. The van der Waals surface area contributed by atoms with Crippen LogP contribution >= 0.6 is 0 Å². The average Bonchev–Trinajstić information content (AvgIpc) is 3.25. The Kier molecular flexibility index (Phi) is 7.46. The maximum Gasteiger partial charge on any atom is 0.354 e. The van der Waals surface area contributed by atoms with Gasteiger partial charge in [-0.15, -0.1) is 0 Å². The zero-order chi connectivity index (χ0) is 25.2. The average molecular weight is 470 g/mol. The highest BCUT2D eigenvalue weighted by Crippen LogP contribution is 2.40. The number of carbonyl (C=O) groups excluding carboxylic acids is 3. The number of hydrogen-bond donors (Lipinski definition) is 2. The summed E-state index contributed by atoms with van der Waals surface area (Å²) in [5.74, 6) is -2.17. The second kappa shape index (κ2) is 10.1. The Bertz CT molecular complexity index is 1150. The number of amides is 1. The van der Waals surface area contributed by atoms with Gasteiger partial charge in [-0.3, -0.25) is 9.59 Å². The number of esters is 1. The topological polar surface area (TPSA) is 116 Å². The van der Waals surface area contributed by atoms with Gasteiger partial charge in [-0.25, -0.2) is 4.79 Å². The molecule has 34 heavy (non-hydrogen) atoms. The van der Waals surface area contributed by atoms with E-state index in [9.17, 15) is 19.5 Å². The number of H-pyrrole nitrogens is 1. The summed E-state index contributed by atoms with van der Waals surface area (Å²) in [4.78, 5) is 44.0. The summed E-state index contributed by atoms with van der Waals surface area (Å²) >= 11 is 0. The summed E-state index contributed by atoms with van der Waals surface area (Å²) in [6.45, 7) is 4.38. The molecule has 1 aliphatic rings. The summed E-state index contributed by atoms with van der Waals surface area (Å²) in [5.41, 5.74) is 1.62. The smallest absolute Gasteiger partial charge is 0.354 e. The predicted molar refractivity (Wildman–Crippen MR) is 123 cm³/mol. The molecule has 1 aliphatic heterocycles. The van der Waals surface area contributed by atoms with Crippen molar-refractivity contribution >= 4 is 23.4 Å². The molecule has 0 aliphatic carbocycles. The first-order valence-corrected chi connectivity index (χ1v) is 11.1. The first-order valence-electron chi connectivity index (χ1n) is 11.1. The molecule has 0 saturated carbocycles. The number of nitrogens with zero attached hydrogens (tertiary/aromatic N) is 1. The molecule has 3 rings (SSSR count). The van der Waals surface area contributed by atoms with Gasteiger partial charge in [-0.1, -0.05) is 17.9 Å². The first kappa shape index (κ1) is 25.0. The number of ether oxygens (including phenoxy) is 2. The van der Waals surface area contributed by atoms with Crippen LogP contribution in [0, 0.1) is 13.8 Å². The monoisotopic (exact) mass is 469 g/mol. The van der Waals surface area contributed by atoms with Gasteiger partial charge in [0.25, 0.3) is 5.91 Å². The molecular weight excluding hydrogens is 438 g/mol. The minimum absolute atomic E-state index is 0.128. The lowest BCUT2D eigenvalue weighted by molar-refractivity contribution is -0.858. The van der Waals surface area contributed by atoms with Gasteiger partial charge in [0.2, 0.25) is 5.78 Å². The Morgan fingerprint density at radius 3 is 2.53 bits per heavy atom. The van der Waals surface area contributed by atoms with E-state index in [1.54, 1.807) is 38.1 Å². The van der Waals surface area contributed by atoms with E-state index < -0.39 is 29.5 Å². The van der Waals surface area contributed by atoms with Crippen LogP contribution in [0.15, 0.2) is 29.8 Å². The first-order chi connectivity index (χ1) is 16.1. The third-order valence-corrected chi connectivity index (χ3v) is 6.07. The summed E-state index contributed by atoms with van der Waals surface area (Å²) < 4.78 is 10.1. The fourth-order valence-corrected chi connectivity index (χ4v) is 4.39. The molecular formula is C25H31N3O6. The number of quaternary nitrogens is 1. The molecule has 9 nitrogen and oxygen atoms in total. The van der Waals surface area contributed by atoms with Crippen LogP contribution in [0.5, 0.6) is 5.75 Å². The quantitative estimate of drug-likeness (QED) is 0.247. The number of carbonyl (C=O) groups is 3. The summed E-state index contributed by atoms with van der Waals surface area (Å²) in [6, 6.07) is 6.16. The number of rotatable bonds is 8. The highest BCUT2D eigenvalue weighted by Gasteiger charge is 2.44. The lowest BCUT2D eigenvalue weighted by atomic mass is 9.94. The van der Waals surface area contributed by atoms with E-state index in [0.29, 0.717) is 35.5 Å². The van der Waals surface area contributed by atoms with Crippen LogP contribution in [0.4, 0.5) is 0 Å². The number of nitrogens with one attached hydrogen (secondary N) is 2.